The Morgan fingerprint density at radius 2 is 1.06 bits per heavy atom. The van der Waals surface area contributed by atoms with Gasteiger partial charge in [0.2, 0.25) is 0 Å². The quantitative estimate of drug-likeness (QED) is 0.244. The van der Waals surface area contributed by atoms with Crippen LogP contribution in [0.3, 0.4) is 0 Å². The van der Waals surface area contributed by atoms with E-state index in [4.69, 9.17) is 9.79 Å². The highest BCUT2D eigenvalue weighted by Crippen LogP contribution is 2.52. The van der Waals surface area contributed by atoms with Gasteiger partial charge in [-0.05, 0) is 44.1 Å². The van der Waals surface area contributed by atoms with Gasteiger partial charge in [0.25, 0.3) is 0 Å². The van der Waals surface area contributed by atoms with E-state index in [1.165, 1.54) is 48.5 Å². The van der Waals surface area contributed by atoms with E-state index in [1.54, 1.807) is 0 Å². The minimum absolute atomic E-state index is 0.134. The highest BCUT2D eigenvalue weighted by molar-refractivity contribution is 7.52. The summed E-state index contributed by atoms with van der Waals surface area (Å²) in [5, 5.41) is 19.5. The Balaban J connectivity index is 2.28. The Labute approximate surface area is 186 Å². The third-order valence-electron chi connectivity index (χ3n) is 4.85. The SMILES string of the molecule is O=C(O)C(Cc1ccc(CP(=O)(O)O)cc1)(Cc1ccc(CP(=O)(OF)OF)cc1)C(=O)O. The second kappa shape index (κ2) is 10.6. The number of carboxylic acids is 2. The molecule has 0 aliphatic heterocycles. The van der Waals surface area contributed by atoms with Crippen LogP contribution in [0.15, 0.2) is 48.5 Å². The van der Waals surface area contributed by atoms with Crippen LogP contribution in [-0.4, -0.2) is 31.9 Å². The minimum Gasteiger partial charge on any atom is -0.480 e. The van der Waals surface area contributed by atoms with Gasteiger partial charge in [-0.2, -0.15) is 0 Å². The monoisotopic (exact) mass is 508 g/mol. The van der Waals surface area contributed by atoms with Crippen LogP contribution in [0, 0.1) is 5.41 Å². The van der Waals surface area contributed by atoms with Crippen LogP contribution in [0.5, 0.6) is 0 Å². The average Bonchev–Trinajstić information content (AvgIpc) is 2.74. The van der Waals surface area contributed by atoms with Gasteiger partial charge in [0.15, 0.2) is 5.41 Å². The Morgan fingerprint density at radius 3 is 1.36 bits per heavy atom. The predicted molar refractivity (Wildman–Crippen MR) is 109 cm³/mol. The van der Waals surface area contributed by atoms with Crippen LogP contribution in [0.2, 0.25) is 0 Å². The summed E-state index contributed by atoms with van der Waals surface area (Å²) in [6.07, 6.45) is -2.16. The van der Waals surface area contributed by atoms with Crippen LogP contribution in [0.4, 0.5) is 9.05 Å². The molecule has 0 spiro atoms. The summed E-state index contributed by atoms with van der Waals surface area (Å²) >= 11 is 0. The molecule has 0 aliphatic rings. The van der Waals surface area contributed by atoms with E-state index in [-0.39, 0.29) is 11.1 Å². The lowest BCUT2D eigenvalue weighted by molar-refractivity contribution is -0.164. The maximum atomic E-state index is 12.2. The lowest BCUT2D eigenvalue weighted by Gasteiger charge is -2.25. The molecule has 0 unspecified atom stereocenters. The van der Waals surface area contributed by atoms with E-state index in [0.717, 1.165) is 0 Å². The molecule has 0 fully saturated rings. The van der Waals surface area contributed by atoms with Gasteiger partial charge in [-0.3, -0.25) is 18.7 Å². The molecular formula is C19H20F2O10P2. The van der Waals surface area contributed by atoms with Crippen molar-refractivity contribution < 1.29 is 57.2 Å². The second-order valence-electron chi connectivity index (χ2n) is 7.41. The maximum absolute atomic E-state index is 12.2. The molecule has 0 amide bonds. The van der Waals surface area contributed by atoms with E-state index in [2.05, 4.69) is 9.46 Å². The molecule has 2 rings (SSSR count). The Bertz CT molecular complexity index is 1060. The third kappa shape index (κ3) is 7.26. The molecule has 0 heterocycles. The molecule has 33 heavy (non-hydrogen) atoms. The first-order valence-electron chi connectivity index (χ1n) is 9.19. The summed E-state index contributed by atoms with van der Waals surface area (Å²) in [4.78, 5) is 42.1. The molecule has 2 aromatic rings. The van der Waals surface area contributed by atoms with Gasteiger partial charge in [0.05, 0.1) is 12.3 Å². The van der Waals surface area contributed by atoms with Crippen LogP contribution >= 0.6 is 15.2 Å². The number of carboxylic acid groups (broad SMARTS) is 2. The fourth-order valence-corrected chi connectivity index (χ4v) is 4.66. The highest BCUT2D eigenvalue weighted by atomic mass is 31.2. The zero-order chi connectivity index (χ0) is 24.9. The fraction of sp³-hybridized carbons (Fsp3) is 0.263. The molecule has 0 radical (unpaired) electrons. The maximum Gasteiger partial charge on any atom is 0.399 e. The number of aliphatic carboxylic acids is 2. The molecule has 0 atom stereocenters. The van der Waals surface area contributed by atoms with Crippen molar-refractivity contribution >= 4 is 27.1 Å². The lowest BCUT2D eigenvalue weighted by atomic mass is 9.76. The van der Waals surface area contributed by atoms with Crippen molar-refractivity contribution in [2.75, 3.05) is 0 Å². The van der Waals surface area contributed by atoms with Gasteiger partial charge < -0.3 is 20.0 Å². The molecule has 2 aromatic carbocycles. The van der Waals surface area contributed by atoms with E-state index < -0.39 is 57.7 Å². The average molecular weight is 508 g/mol. The number of halogens is 2. The van der Waals surface area contributed by atoms with Crippen molar-refractivity contribution in [1.29, 1.82) is 0 Å². The molecule has 0 aliphatic carbocycles. The van der Waals surface area contributed by atoms with Crippen molar-refractivity contribution in [1.82, 2.24) is 0 Å². The van der Waals surface area contributed by atoms with Crippen molar-refractivity contribution in [3.63, 3.8) is 0 Å². The zero-order valence-corrected chi connectivity index (χ0v) is 18.6. The van der Waals surface area contributed by atoms with Crippen LogP contribution < -0.4 is 0 Å². The Hall–Kier alpha value is -2.46. The number of hydrogen-bond donors (Lipinski definition) is 4. The summed E-state index contributed by atoms with van der Waals surface area (Å²) in [7, 11) is -8.93. The van der Waals surface area contributed by atoms with Crippen LogP contribution in [0.1, 0.15) is 22.3 Å². The van der Waals surface area contributed by atoms with Crippen LogP contribution in [0.25, 0.3) is 0 Å². The van der Waals surface area contributed by atoms with E-state index in [1.807, 2.05) is 0 Å². The molecule has 4 N–H and O–H groups in total. The van der Waals surface area contributed by atoms with Gasteiger partial charge in [0, 0.05) is 0 Å². The van der Waals surface area contributed by atoms with Gasteiger partial charge in [-0.1, -0.05) is 48.5 Å². The summed E-state index contributed by atoms with van der Waals surface area (Å²) in [6, 6.07) is 10.7. The largest absolute Gasteiger partial charge is 0.480 e. The summed E-state index contributed by atoms with van der Waals surface area (Å²) in [5.74, 6) is -3.22. The third-order valence-corrected chi connectivity index (χ3v) is 6.80. The topological polar surface area (TPSA) is 168 Å². The number of rotatable bonds is 12. The first-order chi connectivity index (χ1) is 15.3. The summed E-state index contributed by atoms with van der Waals surface area (Å²) < 4.78 is 53.1. The summed E-state index contributed by atoms with van der Waals surface area (Å²) in [6.45, 7) is 0. The molecule has 180 valence electrons. The van der Waals surface area contributed by atoms with Crippen molar-refractivity contribution in [2.45, 2.75) is 25.2 Å². The number of benzene rings is 2. The Morgan fingerprint density at radius 1 is 0.727 bits per heavy atom. The molecule has 0 saturated carbocycles. The van der Waals surface area contributed by atoms with E-state index in [0.29, 0.717) is 11.1 Å². The van der Waals surface area contributed by atoms with Gasteiger partial charge in [-0.25, -0.2) is 0 Å². The predicted octanol–water partition coefficient (Wildman–Crippen LogP) is 3.80. The van der Waals surface area contributed by atoms with E-state index in [9.17, 15) is 38.0 Å². The number of carbonyl (C=O) groups is 2. The molecule has 0 saturated heterocycles. The van der Waals surface area contributed by atoms with Crippen LogP contribution in [-0.2, 0) is 53.3 Å². The minimum atomic E-state index is -4.62. The van der Waals surface area contributed by atoms with Gasteiger partial charge in [0.1, 0.15) is 0 Å². The van der Waals surface area contributed by atoms with E-state index >= 15 is 0 Å². The lowest BCUT2D eigenvalue weighted by Crippen LogP contribution is -2.43. The molecule has 10 nitrogen and oxygen atoms in total. The van der Waals surface area contributed by atoms with Crippen molar-refractivity contribution in [3.05, 3.63) is 70.8 Å². The standard InChI is InChI=1S/C19H20F2O10P2/c20-30-33(29,31-21)12-16-7-3-14(4-8-16)10-19(17(22)23,18(24)25)9-13-1-5-15(6-2-13)11-32(26,27)28/h1-8H,9-12H2,(H,22,23)(H,24,25)(H2,26,27,28). The van der Waals surface area contributed by atoms with Gasteiger partial charge in [-0.15, -0.1) is 9.46 Å². The highest BCUT2D eigenvalue weighted by Gasteiger charge is 2.46. The Kier molecular flexibility index (Phi) is 8.64. The number of hydrogen-bond acceptors (Lipinski definition) is 6. The molecule has 14 heteroatoms. The van der Waals surface area contributed by atoms with Crippen molar-refractivity contribution in [2.24, 2.45) is 5.41 Å². The summed E-state index contributed by atoms with van der Waals surface area (Å²) in [5.41, 5.74) is -1.28. The molecular weight excluding hydrogens is 488 g/mol. The first-order valence-corrected chi connectivity index (χ1v) is 12.7. The first kappa shape index (κ1) is 26.8. The fourth-order valence-electron chi connectivity index (χ4n) is 3.20. The molecule has 0 bridgehead atoms. The smallest absolute Gasteiger partial charge is 0.399 e. The molecule has 0 aromatic heterocycles. The van der Waals surface area contributed by atoms with Gasteiger partial charge >= 0.3 is 27.1 Å². The normalized spacial score (nSPS) is 12.5. The van der Waals surface area contributed by atoms with Crippen molar-refractivity contribution in [3.8, 4) is 0 Å². The second-order valence-corrected chi connectivity index (χ2v) is 10.9. The zero-order valence-electron chi connectivity index (χ0n) is 16.8.